The molecule has 1 saturated heterocycles. The molecule has 0 aromatic heterocycles. The van der Waals surface area contributed by atoms with E-state index in [1.165, 1.54) is 6.07 Å². The van der Waals surface area contributed by atoms with Gasteiger partial charge in [0.1, 0.15) is 6.04 Å². The standard InChI is InChI=1S/C13H13F3N2O/c14-13(15,16)8-4-5-10-9(7-8)17-12(19)11-3-1-2-6-18(10)11/h4-5,7,11H,1-3,6H2,(H,17,19)/t11-/m1/s1. The van der Waals surface area contributed by atoms with Gasteiger partial charge in [-0.1, -0.05) is 0 Å². The summed E-state index contributed by atoms with van der Waals surface area (Å²) in [5, 5.41) is 2.59. The zero-order valence-electron chi connectivity index (χ0n) is 10.1. The number of nitrogens with one attached hydrogen (secondary N) is 1. The SMILES string of the molecule is O=C1Nc2cc(C(F)(F)F)ccc2N2CCCC[C@H]12. The molecule has 1 N–H and O–H groups in total. The molecular formula is C13H13F3N2O. The van der Waals surface area contributed by atoms with Crippen LogP contribution < -0.4 is 10.2 Å². The average molecular weight is 270 g/mol. The molecule has 102 valence electrons. The van der Waals surface area contributed by atoms with Gasteiger partial charge in [-0.05, 0) is 37.5 Å². The van der Waals surface area contributed by atoms with Crippen molar-refractivity contribution in [1.29, 1.82) is 0 Å². The van der Waals surface area contributed by atoms with Crippen LogP contribution in [0.3, 0.4) is 0 Å². The Balaban J connectivity index is 2.03. The van der Waals surface area contributed by atoms with E-state index in [1.54, 1.807) is 0 Å². The number of carbonyl (C=O) groups excluding carboxylic acids is 1. The van der Waals surface area contributed by atoms with E-state index in [1.807, 2.05) is 4.90 Å². The molecule has 0 spiro atoms. The second-order valence-corrected chi connectivity index (χ2v) is 4.92. The van der Waals surface area contributed by atoms with Crippen LogP contribution in [0.5, 0.6) is 0 Å². The van der Waals surface area contributed by atoms with Crippen molar-refractivity contribution in [2.45, 2.75) is 31.5 Å². The molecular weight excluding hydrogens is 257 g/mol. The van der Waals surface area contributed by atoms with Crippen LogP contribution in [-0.4, -0.2) is 18.5 Å². The lowest BCUT2D eigenvalue weighted by Gasteiger charge is -2.41. The number of amides is 1. The molecule has 0 radical (unpaired) electrons. The Kier molecular flexibility index (Phi) is 2.69. The van der Waals surface area contributed by atoms with Crippen molar-refractivity contribution in [3.05, 3.63) is 23.8 Å². The highest BCUT2D eigenvalue weighted by Gasteiger charge is 2.37. The van der Waals surface area contributed by atoms with E-state index in [-0.39, 0.29) is 17.6 Å². The number of alkyl halides is 3. The number of hydrogen-bond acceptors (Lipinski definition) is 2. The number of piperidine rings is 1. The quantitative estimate of drug-likeness (QED) is 0.786. The third kappa shape index (κ3) is 2.05. The summed E-state index contributed by atoms with van der Waals surface area (Å²) in [7, 11) is 0. The molecule has 1 atom stereocenters. The van der Waals surface area contributed by atoms with E-state index in [9.17, 15) is 18.0 Å². The van der Waals surface area contributed by atoms with Crippen molar-refractivity contribution in [3.8, 4) is 0 Å². The van der Waals surface area contributed by atoms with Crippen LogP contribution in [0.15, 0.2) is 18.2 Å². The Bertz CT molecular complexity index is 527. The van der Waals surface area contributed by atoms with Gasteiger partial charge in [-0.3, -0.25) is 4.79 Å². The first kappa shape index (κ1) is 12.3. The number of carbonyl (C=O) groups is 1. The van der Waals surface area contributed by atoms with Crippen molar-refractivity contribution in [2.24, 2.45) is 0 Å². The maximum atomic E-state index is 12.7. The smallest absolute Gasteiger partial charge is 0.358 e. The van der Waals surface area contributed by atoms with Crippen LogP contribution in [0, 0.1) is 0 Å². The first-order chi connectivity index (χ1) is 8.97. The van der Waals surface area contributed by atoms with Gasteiger partial charge < -0.3 is 10.2 Å². The van der Waals surface area contributed by atoms with Gasteiger partial charge in [0.25, 0.3) is 0 Å². The summed E-state index contributed by atoms with van der Waals surface area (Å²) in [5.74, 6) is -0.202. The fraction of sp³-hybridized carbons (Fsp3) is 0.462. The number of halogens is 3. The topological polar surface area (TPSA) is 32.3 Å². The zero-order valence-corrected chi connectivity index (χ0v) is 10.1. The number of benzene rings is 1. The minimum atomic E-state index is -4.39. The summed E-state index contributed by atoms with van der Waals surface area (Å²) >= 11 is 0. The molecule has 0 saturated carbocycles. The summed E-state index contributed by atoms with van der Waals surface area (Å²) in [6.07, 6.45) is -1.69. The van der Waals surface area contributed by atoms with Gasteiger partial charge in [-0.15, -0.1) is 0 Å². The van der Waals surface area contributed by atoms with E-state index in [4.69, 9.17) is 0 Å². The normalized spacial score (nSPS) is 22.6. The van der Waals surface area contributed by atoms with Gasteiger partial charge in [0, 0.05) is 6.54 Å². The number of rotatable bonds is 0. The third-order valence-electron chi connectivity index (χ3n) is 3.70. The molecule has 3 nitrogen and oxygen atoms in total. The largest absolute Gasteiger partial charge is 0.416 e. The molecule has 0 aliphatic carbocycles. The lowest BCUT2D eigenvalue weighted by atomic mass is 9.97. The van der Waals surface area contributed by atoms with E-state index in [2.05, 4.69) is 5.32 Å². The summed E-state index contributed by atoms with van der Waals surface area (Å²) < 4.78 is 38.0. The minimum Gasteiger partial charge on any atom is -0.358 e. The highest BCUT2D eigenvalue weighted by molar-refractivity contribution is 6.03. The second-order valence-electron chi connectivity index (χ2n) is 4.92. The number of fused-ring (bicyclic) bond motifs is 3. The molecule has 19 heavy (non-hydrogen) atoms. The van der Waals surface area contributed by atoms with Crippen LogP contribution in [0.25, 0.3) is 0 Å². The Morgan fingerprint density at radius 1 is 1.26 bits per heavy atom. The number of hydrogen-bond donors (Lipinski definition) is 1. The third-order valence-corrected chi connectivity index (χ3v) is 3.70. The van der Waals surface area contributed by atoms with Crippen molar-refractivity contribution >= 4 is 17.3 Å². The van der Waals surface area contributed by atoms with Gasteiger partial charge in [0.15, 0.2) is 0 Å². The molecule has 3 rings (SSSR count). The van der Waals surface area contributed by atoms with Crippen molar-refractivity contribution in [1.82, 2.24) is 0 Å². The molecule has 0 bridgehead atoms. The highest BCUT2D eigenvalue weighted by Crippen LogP contribution is 2.39. The summed E-state index contributed by atoms with van der Waals surface area (Å²) in [4.78, 5) is 13.8. The monoisotopic (exact) mass is 270 g/mol. The van der Waals surface area contributed by atoms with Gasteiger partial charge in [0.2, 0.25) is 5.91 Å². The minimum absolute atomic E-state index is 0.202. The van der Waals surface area contributed by atoms with Crippen LogP contribution in [0.1, 0.15) is 24.8 Å². The van der Waals surface area contributed by atoms with Gasteiger partial charge in [0.05, 0.1) is 16.9 Å². The maximum Gasteiger partial charge on any atom is 0.416 e. The zero-order chi connectivity index (χ0) is 13.6. The predicted octanol–water partition coefficient (Wildman–Crippen LogP) is 3.02. The predicted molar refractivity (Wildman–Crippen MR) is 65.1 cm³/mol. The van der Waals surface area contributed by atoms with Crippen LogP contribution >= 0.6 is 0 Å². The highest BCUT2D eigenvalue weighted by atomic mass is 19.4. The Labute approximate surface area is 108 Å². The van der Waals surface area contributed by atoms with Gasteiger partial charge in [-0.25, -0.2) is 0 Å². The summed E-state index contributed by atoms with van der Waals surface area (Å²) in [6.45, 7) is 0.719. The van der Waals surface area contributed by atoms with E-state index < -0.39 is 11.7 Å². The molecule has 2 aliphatic heterocycles. The second kappa shape index (κ2) is 4.15. The molecule has 1 aromatic rings. The lowest BCUT2D eigenvalue weighted by molar-refractivity contribution is -0.137. The number of nitrogens with zero attached hydrogens (tertiary/aromatic N) is 1. The maximum absolute atomic E-state index is 12.7. The van der Waals surface area contributed by atoms with Crippen molar-refractivity contribution in [2.75, 3.05) is 16.8 Å². The molecule has 2 aliphatic rings. The molecule has 6 heteroatoms. The molecule has 0 unspecified atom stereocenters. The van der Waals surface area contributed by atoms with Gasteiger partial charge in [-0.2, -0.15) is 13.2 Å². The first-order valence-corrected chi connectivity index (χ1v) is 6.25. The Morgan fingerprint density at radius 2 is 2.05 bits per heavy atom. The van der Waals surface area contributed by atoms with E-state index in [0.29, 0.717) is 5.69 Å². The van der Waals surface area contributed by atoms with Crippen LogP contribution in [-0.2, 0) is 11.0 Å². The summed E-state index contributed by atoms with van der Waals surface area (Å²) in [5.41, 5.74) is 0.220. The molecule has 2 heterocycles. The average Bonchev–Trinajstić information content (AvgIpc) is 2.37. The van der Waals surface area contributed by atoms with Crippen molar-refractivity contribution in [3.63, 3.8) is 0 Å². The van der Waals surface area contributed by atoms with E-state index >= 15 is 0 Å². The fourth-order valence-electron chi connectivity index (χ4n) is 2.77. The molecule has 1 amide bonds. The summed E-state index contributed by atoms with van der Waals surface area (Å²) in [6, 6.07) is 3.30. The van der Waals surface area contributed by atoms with Crippen molar-refractivity contribution < 1.29 is 18.0 Å². The number of anilines is 2. The Hall–Kier alpha value is -1.72. The fourth-order valence-corrected chi connectivity index (χ4v) is 2.77. The lowest BCUT2D eigenvalue weighted by Crippen LogP contribution is -2.50. The molecule has 1 aromatic carbocycles. The van der Waals surface area contributed by atoms with Crippen LogP contribution in [0.2, 0.25) is 0 Å². The Morgan fingerprint density at radius 3 is 2.79 bits per heavy atom. The first-order valence-electron chi connectivity index (χ1n) is 6.25. The molecule has 1 fully saturated rings. The van der Waals surface area contributed by atoms with E-state index in [0.717, 1.165) is 37.9 Å². The van der Waals surface area contributed by atoms with Gasteiger partial charge >= 0.3 is 6.18 Å². The van der Waals surface area contributed by atoms with Crippen LogP contribution in [0.4, 0.5) is 24.5 Å².